The van der Waals surface area contributed by atoms with Crippen LogP contribution in [0.2, 0.25) is 0 Å². The summed E-state index contributed by atoms with van der Waals surface area (Å²) in [5, 5.41) is 3.29. The number of nitrogens with one attached hydrogen (secondary N) is 1. The highest BCUT2D eigenvalue weighted by Gasteiger charge is 2.21. The molecular weight excluding hydrogens is 218 g/mol. The fraction of sp³-hybridized carbons (Fsp3) is 0.333. The zero-order valence-electron chi connectivity index (χ0n) is 6.59. The minimum absolute atomic E-state index is 0.439. The van der Waals surface area contributed by atoms with Crippen LogP contribution in [0.25, 0.3) is 0 Å². The number of epoxide rings is 1. The van der Waals surface area contributed by atoms with E-state index in [0.29, 0.717) is 6.10 Å². The van der Waals surface area contributed by atoms with Gasteiger partial charge in [-0.3, -0.25) is 0 Å². The Balaban J connectivity index is 1.89. The first-order valence-corrected chi connectivity index (χ1v) is 4.75. The van der Waals surface area contributed by atoms with E-state index in [2.05, 4.69) is 21.2 Å². The quantitative estimate of drug-likeness (QED) is 0.802. The SMILES string of the molecule is Brc1ccc(NC[C@@H]2CO2)cc1. The summed E-state index contributed by atoms with van der Waals surface area (Å²) in [4.78, 5) is 0. The Labute approximate surface area is 80.1 Å². The van der Waals surface area contributed by atoms with E-state index >= 15 is 0 Å². The van der Waals surface area contributed by atoms with Crippen molar-refractivity contribution in [1.82, 2.24) is 0 Å². The van der Waals surface area contributed by atoms with E-state index in [9.17, 15) is 0 Å². The van der Waals surface area contributed by atoms with Gasteiger partial charge in [0, 0.05) is 16.7 Å². The Morgan fingerprint density at radius 3 is 2.67 bits per heavy atom. The minimum Gasteiger partial charge on any atom is -0.382 e. The molecule has 0 saturated carbocycles. The van der Waals surface area contributed by atoms with Crippen molar-refractivity contribution >= 4 is 21.6 Å². The van der Waals surface area contributed by atoms with Crippen molar-refractivity contribution in [1.29, 1.82) is 0 Å². The molecule has 0 aliphatic carbocycles. The first-order valence-electron chi connectivity index (χ1n) is 3.95. The Bertz CT molecular complexity index is 256. The van der Waals surface area contributed by atoms with Crippen molar-refractivity contribution < 1.29 is 4.74 Å². The fourth-order valence-corrected chi connectivity index (χ4v) is 1.25. The summed E-state index contributed by atoms with van der Waals surface area (Å²) >= 11 is 3.39. The number of hydrogen-bond acceptors (Lipinski definition) is 2. The molecule has 0 aromatic heterocycles. The van der Waals surface area contributed by atoms with Gasteiger partial charge in [-0.15, -0.1) is 0 Å². The second-order valence-corrected chi connectivity index (χ2v) is 3.76. The van der Waals surface area contributed by atoms with E-state index in [-0.39, 0.29) is 0 Å². The van der Waals surface area contributed by atoms with E-state index in [1.54, 1.807) is 0 Å². The first kappa shape index (κ1) is 8.08. The average Bonchev–Trinajstić information content (AvgIpc) is 2.87. The van der Waals surface area contributed by atoms with Crippen LogP contribution in [0.5, 0.6) is 0 Å². The standard InChI is InChI=1S/C9H10BrNO/c10-7-1-3-8(4-2-7)11-5-9-6-12-9/h1-4,9,11H,5-6H2/t9-/m1/s1. The van der Waals surface area contributed by atoms with Crippen molar-refractivity contribution in [3.63, 3.8) is 0 Å². The second kappa shape index (κ2) is 3.46. The third kappa shape index (κ3) is 2.22. The monoisotopic (exact) mass is 227 g/mol. The van der Waals surface area contributed by atoms with Gasteiger partial charge < -0.3 is 10.1 Å². The number of rotatable bonds is 3. The summed E-state index contributed by atoms with van der Waals surface area (Å²) in [5.41, 5.74) is 1.15. The molecule has 12 heavy (non-hydrogen) atoms. The summed E-state index contributed by atoms with van der Waals surface area (Å²) in [5.74, 6) is 0. The molecule has 0 amide bonds. The molecule has 0 unspecified atom stereocenters. The fourth-order valence-electron chi connectivity index (χ4n) is 0.985. The highest BCUT2D eigenvalue weighted by atomic mass is 79.9. The van der Waals surface area contributed by atoms with Gasteiger partial charge in [0.2, 0.25) is 0 Å². The number of hydrogen-bond donors (Lipinski definition) is 1. The van der Waals surface area contributed by atoms with Crippen molar-refractivity contribution in [2.24, 2.45) is 0 Å². The summed E-state index contributed by atoms with van der Waals surface area (Å²) in [6.07, 6.45) is 0.439. The van der Waals surface area contributed by atoms with E-state index in [1.165, 1.54) is 0 Å². The molecule has 1 aliphatic heterocycles. The van der Waals surface area contributed by atoms with Gasteiger partial charge in [0.15, 0.2) is 0 Å². The Kier molecular flexibility index (Phi) is 2.33. The molecule has 0 bridgehead atoms. The summed E-state index contributed by atoms with van der Waals surface area (Å²) in [7, 11) is 0. The molecule has 1 aliphatic rings. The number of anilines is 1. The maximum Gasteiger partial charge on any atom is 0.0981 e. The van der Waals surface area contributed by atoms with Gasteiger partial charge in [0.05, 0.1) is 12.7 Å². The summed E-state index contributed by atoms with van der Waals surface area (Å²) in [6, 6.07) is 8.14. The maximum atomic E-state index is 5.08. The van der Waals surface area contributed by atoms with E-state index < -0.39 is 0 Å². The number of benzene rings is 1. The molecule has 2 rings (SSSR count). The topological polar surface area (TPSA) is 24.6 Å². The molecule has 3 heteroatoms. The molecule has 1 aromatic carbocycles. The van der Waals surface area contributed by atoms with Crippen LogP contribution in [-0.4, -0.2) is 19.3 Å². The van der Waals surface area contributed by atoms with E-state index in [4.69, 9.17) is 4.74 Å². The lowest BCUT2D eigenvalue weighted by atomic mass is 10.3. The first-order chi connectivity index (χ1) is 5.84. The van der Waals surface area contributed by atoms with Crippen LogP contribution in [-0.2, 0) is 4.74 Å². The van der Waals surface area contributed by atoms with Crippen LogP contribution in [0.15, 0.2) is 28.7 Å². The van der Waals surface area contributed by atoms with E-state index in [1.807, 2.05) is 24.3 Å². The normalized spacial score (nSPS) is 20.6. The predicted octanol–water partition coefficient (Wildman–Crippen LogP) is 2.26. The predicted molar refractivity (Wildman–Crippen MR) is 52.4 cm³/mol. The minimum atomic E-state index is 0.439. The van der Waals surface area contributed by atoms with Crippen LogP contribution in [0, 0.1) is 0 Å². The lowest BCUT2D eigenvalue weighted by molar-refractivity contribution is 0.417. The second-order valence-electron chi connectivity index (χ2n) is 2.84. The molecule has 0 radical (unpaired) electrons. The molecule has 1 fully saturated rings. The molecule has 1 atom stereocenters. The van der Waals surface area contributed by atoms with Crippen LogP contribution < -0.4 is 5.32 Å². The van der Waals surface area contributed by atoms with Gasteiger partial charge in [-0.2, -0.15) is 0 Å². The van der Waals surface area contributed by atoms with Crippen LogP contribution in [0.3, 0.4) is 0 Å². The molecular formula is C9H10BrNO. The van der Waals surface area contributed by atoms with Crippen molar-refractivity contribution in [3.05, 3.63) is 28.7 Å². The van der Waals surface area contributed by atoms with Gasteiger partial charge in [-0.1, -0.05) is 15.9 Å². The zero-order chi connectivity index (χ0) is 8.39. The third-order valence-corrected chi connectivity index (χ3v) is 2.31. The van der Waals surface area contributed by atoms with Gasteiger partial charge in [0.25, 0.3) is 0 Å². The summed E-state index contributed by atoms with van der Waals surface area (Å²) in [6.45, 7) is 1.82. The van der Waals surface area contributed by atoms with Gasteiger partial charge in [-0.25, -0.2) is 0 Å². The van der Waals surface area contributed by atoms with Gasteiger partial charge in [-0.05, 0) is 24.3 Å². The van der Waals surface area contributed by atoms with Crippen molar-refractivity contribution in [3.8, 4) is 0 Å². The largest absolute Gasteiger partial charge is 0.382 e. The smallest absolute Gasteiger partial charge is 0.0981 e. The van der Waals surface area contributed by atoms with Crippen molar-refractivity contribution in [2.75, 3.05) is 18.5 Å². The highest BCUT2D eigenvalue weighted by molar-refractivity contribution is 9.10. The molecule has 1 N–H and O–H groups in total. The Hall–Kier alpha value is -0.540. The highest BCUT2D eigenvalue weighted by Crippen LogP contribution is 2.15. The number of ether oxygens (including phenoxy) is 1. The van der Waals surface area contributed by atoms with E-state index in [0.717, 1.165) is 23.3 Å². The third-order valence-electron chi connectivity index (χ3n) is 1.78. The Morgan fingerprint density at radius 1 is 1.42 bits per heavy atom. The number of halogens is 1. The molecule has 2 nitrogen and oxygen atoms in total. The molecule has 1 heterocycles. The van der Waals surface area contributed by atoms with Gasteiger partial charge in [0.1, 0.15) is 0 Å². The van der Waals surface area contributed by atoms with Crippen LogP contribution in [0.1, 0.15) is 0 Å². The average molecular weight is 228 g/mol. The molecule has 0 spiro atoms. The van der Waals surface area contributed by atoms with Crippen molar-refractivity contribution in [2.45, 2.75) is 6.10 Å². The van der Waals surface area contributed by atoms with Gasteiger partial charge >= 0.3 is 0 Å². The lowest BCUT2D eigenvalue weighted by Crippen LogP contribution is -2.07. The van der Waals surface area contributed by atoms with Crippen LogP contribution >= 0.6 is 15.9 Å². The Morgan fingerprint density at radius 2 is 2.08 bits per heavy atom. The zero-order valence-corrected chi connectivity index (χ0v) is 8.17. The molecule has 64 valence electrons. The molecule has 1 saturated heterocycles. The summed E-state index contributed by atoms with van der Waals surface area (Å²) < 4.78 is 6.19. The lowest BCUT2D eigenvalue weighted by Gasteiger charge is -2.02. The maximum absolute atomic E-state index is 5.08. The molecule has 1 aromatic rings. The van der Waals surface area contributed by atoms with Crippen LogP contribution in [0.4, 0.5) is 5.69 Å².